The molecule has 184 valence electrons. The van der Waals surface area contributed by atoms with E-state index in [0.717, 1.165) is 29.5 Å². The van der Waals surface area contributed by atoms with Crippen LogP contribution in [0.5, 0.6) is 0 Å². The van der Waals surface area contributed by atoms with E-state index in [-0.39, 0.29) is 36.1 Å². The summed E-state index contributed by atoms with van der Waals surface area (Å²) in [6.07, 6.45) is -3.17. The van der Waals surface area contributed by atoms with Gasteiger partial charge in [-0.1, -0.05) is 41.6 Å². The Kier molecular flexibility index (Phi) is 8.57. The largest absolute Gasteiger partial charge is 0.416 e. The minimum atomic E-state index is -4.52. The molecule has 2 amide bonds. The number of rotatable bonds is 9. The van der Waals surface area contributed by atoms with Gasteiger partial charge in [0, 0.05) is 22.9 Å². The van der Waals surface area contributed by atoms with E-state index in [1.54, 1.807) is 35.8 Å². The van der Waals surface area contributed by atoms with E-state index in [9.17, 15) is 22.8 Å². The Morgan fingerprint density at radius 1 is 1.14 bits per heavy atom. The summed E-state index contributed by atoms with van der Waals surface area (Å²) in [5, 5.41) is 14.2. The van der Waals surface area contributed by atoms with E-state index >= 15 is 0 Å². The predicted molar refractivity (Wildman–Crippen MR) is 130 cm³/mol. The van der Waals surface area contributed by atoms with E-state index in [1.165, 1.54) is 12.1 Å². The fourth-order valence-electron chi connectivity index (χ4n) is 3.05. The zero-order valence-corrected chi connectivity index (χ0v) is 20.1. The number of hydrogen-bond donors (Lipinski definition) is 2. The summed E-state index contributed by atoms with van der Waals surface area (Å²) in [7, 11) is 0. The second-order valence-corrected chi connectivity index (χ2v) is 8.70. The summed E-state index contributed by atoms with van der Waals surface area (Å²) in [5.41, 5.74) is 0.497. The van der Waals surface area contributed by atoms with Gasteiger partial charge in [0.2, 0.25) is 11.8 Å². The molecule has 1 aromatic heterocycles. The SMILES string of the molecule is C=CCn1c(CC(=O)Nc2cccc(C(F)(F)F)c2)nnc1SCC(=O)Nc1cccc(Cl)c1C. The van der Waals surface area contributed by atoms with Crippen molar-refractivity contribution in [2.75, 3.05) is 16.4 Å². The number of aromatic nitrogens is 3. The van der Waals surface area contributed by atoms with Crippen LogP contribution in [-0.2, 0) is 28.7 Å². The fraction of sp³-hybridized carbons (Fsp3) is 0.217. The molecule has 35 heavy (non-hydrogen) atoms. The van der Waals surface area contributed by atoms with Crippen LogP contribution >= 0.6 is 23.4 Å². The Balaban J connectivity index is 1.65. The Morgan fingerprint density at radius 2 is 1.89 bits per heavy atom. The highest BCUT2D eigenvalue weighted by molar-refractivity contribution is 7.99. The number of nitrogens with one attached hydrogen (secondary N) is 2. The summed E-state index contributed by atoms with van der Waals surface area (Å²) in [4.78, 5) is 24.9. The summed E-state index contributed by atoms with van der Waals surface area (Å²) in [5.74, 6) is -0.536. The smallest absolute Gasteiger partial charge is 0.326 e. The number of alkyl halides is 3. The molecule has 0 unspecified atom stereocenters. The minimum absolute atomic E-state index is 0.0159. The zero-order chi connectivity index (χ0) is 25.6. The van der Waals surface area contributed by atoms with Crippen LogP contribution in [0.25, 0.3) is 0 Å². The van der Waals surface area contributed by atoms with Crippen LogP contribution < -0.4 is 10.6 Å². The molecule has 0 spiro atoms. The maximum absolute atomic E-state index is 12.9. The second-order valence-electron chi connectivity index (χ2n) is 7.35. The van der Waals surface area contributed by atoms with Crippen LogP contribution in [0.15, 0.2) is 60.3 Å². The Morgan fingerprint density at radius 3 is 2.60 bits per heavy atom. The maximum Gasteiger partial charge on any atom is 0.416 e. The number of halogens is 4. The average Bonchev–Trinajstić information content (AvgIpc) is 3.16. The number of nitrogens with zero attached hydrogens (tertiary/aromatic N) is 3. The molecule has 2 N–H and O–H groups in total. The molecule has 3 rings (SSSR count). The van der Waals surface area contributed by atoms with Crippen LogP contribution in [0.3, 0.4) is 0 Å². The van der Waals surface area contributed by atoms with Gasteiger partial charge in [0.1, 0.15) is 5.82 Å². The number of thioether (sulfide) groups is 1. The molecule has 0 saturated carbocycles. The first-order chi connectivity index (χ1) is 16.6. The predicted octanol–water partition coefficient (Wildman–Crippen LogP) is 5.36. The van der Waals surface area contributed by atoms with Gasteiger partial charge in [0.05, 0.1) is 17.7 Å². The second kappa shape index (κ2) is 11.4. The lowest BCUT2D eigenvalue weighted by Gasteiger charge is -2.11. The van der Waals surface area contributed by atoms with Gasteiger partial charge >= 0.3 is 6.18 Å². The van der Waals surface area contributed by atoms with Gasteiger partial charge in [0.25, 0.3) is 0 Å². The van der Waals surface area contributed by atoms with Crippen molar-refractivity contribution in [1.29, 1.82) is 0 Å². The zero-order valence-electron chi connectivity index (χ0n) is 18.5. The molecule has 0 fully saturated rings. The molecule has 0 saturated heterocycles. The van der Waals surface area contributed by atoms with Crippen molar-refractivity contribution in [1.82, 2.24) is 14.8 Å². The standard InChI is InChI=1S/C23H21ClF3N5O2S/c1-3-10-32-19(12-20(33)28-16-7-4-6-15(11-16)23(25,26)27)30-31-22(32)35-13-21(34)29-18-9-5-8-17(24)14(18)2/h3-9,11H,1,10,12-13H2,2H3,(H,28,33)(H,29,34). The molecule has 0 radical (unpaired) electrons. The van der Waals surface area contributed by atoms with E-state index in [0.29, 0.717) is 15.9 Å². The Bertz CT molecular complexity index is 1250. The number of carbonyl (C=O) groups is 2. The number of carbonyl (C=O) groups excluding carboxylic acids is 2. The molecule has 0 aliphatic carbocycles. The van der Waals surface area contributed by atoms with Crippen LogP contribution in [-0.4, -0.2) is 32.3 Å². The van der Waals surface area contributed by atoms with E-state index < -0.39 is 17.6 Å². The first-order valence-electron chi connectivity index (χ1n) is 10.3. The number of hydrogen-bond acceptors (Lipinski definition) is 5. The number of allylic oxidation sites excluding steroid dienone is 1. The first-order valence-corrected chi connectivity index (χ1v) is 11.6. The van der Waals surface area contributed by atoms with Gasteiger partial charge in [-0.25, -0.2) is 0 Å². The summed E-state index contributed by atoms with van der Waals surface area (Å²) in [6.45, 7) is 5.75. The highest BCUT2D eigenvalue weighted by Gasteiger charge is 2.30. The van der Waals surface area contributed by atoms with Crippen molar-refractivity contribution < 1.29 is 22.8 Å². The van der Waals surface area contributed by atoms with Gasteiger partial charge in [-0.2, -0.15) is 13.2 Å². The van der Waals surface area contributed by atoms with Crippen molar-refractivity contribution in [3.63, 3.8) is 0 Å². The Hall–Kier alpha value is -3.31. The van der Waals surface area contributed by atoms with Crippen LogP contribution in [0.4, 0.5) is 24.5 Å². The van der Waals surface area contributed by atoms with Gasteiger partial charge < -0.3 is 15.2 Å². The number of benzene rings is 2. The molecule has 0 aliphatic heterocycles. The van der Waals surface area contributed by atoms with E-state index in [1.807, 2.05) is 0 Å². The molecule has 2 aromatic carbocycles. The summed E-state index contributed by atoms with van der Waals surface area (Å²) < 4.78 is 40.3. The van der Waals surface area contributed by atoms with E-state index in [4.69, 9.17) is 11.6 Å². The molecular formula is C23H21ClF3N5O2S. The van der Waals surface area contributed by atoms with Crippen molar-refractivity contribution in [2.45, 2.75) is 31.2 Å². The van der Waals surface area contributed by atoms with Crippen molar-refractivity contribution in [3.05, 3.63) is 77.1 Å². The topological polar surface area (TPSA) is 88.9 Å². The normalized spacial score (nSPS) is 11.2. The van der Waals surface area contributed by atoms with Crippen molar-refractivity contribution in [3.8, 4) is 0 Å². The monoisotopic (exact) mass is 523 g/mol. The highest BCUT2D eigenvalue weighted by Crippen LogP contribution is 2.30. The third kappa shape index (κ3) is 7.09. The molecule has 7 nitrogen and oxygen atoms in total. The van der Waals surface area contributed by atoms with Gasteiger partial charge in [-0.05, 0) is 42.8 Å². The minimum Gasteiger partial charge on any atom is -0.326 e. The van der Waals surface area contributed by atoms with E-state index in [2.05, 4.69) is 27.4 Å². The quantitative estimate of drug-likeness (QED) is 0.291. The van der Waals surface area contributed by atoms with Gasteiger partial charge in [-0.15, -0.1) is 16.8 Å². The number of amides is 2. The molecule has 0 aliphatic rings. The third-order valence-corrected chi connectivity index (χ3v) is 6.15. The molecule has 12 heteroatoms. The Labute approximate surface area is 208 Å². The third-order valence-electron chi connectivity index (χ3n) is 4.77. The van der Waals surface area contributed by atoms with Crippen LogP contribution in [0.2, 0.25) is 5.02 Å². The van der Waals surface area contributed by atoms with Gasteiger partial charge in [-0.3, -0.25) is 9.59 Å². The van der Waals surface area contributed by atoms with Crippen LogP contribution in [0.1, 0.15) is 17.0 Å². The first kappa shape index (κ1) is 26.3. The van der Waals surface area contributed by atoms with Gasteiger partial charge in [0.15, 0.2) is 5.16 Å². The molecule has 1 heterocycles. The molecule has 0 bridgehead atoms. The lowest BCUT2D eigenvalue weighted by atomic mass is 10.2. The molecular weight excluding hydrogens is 503 g/mol. The molecule has 3 aromatic rings. The van der Waals surface area contributed by atoms with Crippen molar-refractivity contribution in [2.24, 2.45) is 0 Å². The molecule has 0 atom stereocenters. The fourth-order valence-corrected chi connectivity index (χ4v) is 3.99. The highest BCUT2D eigenvalue weighted by atomic mass is 35.5. The lowest BCUT2D eigenvalue weighted by molar-refractivity contribution is -0.137. The van der Waals surface area contributed by atoms with Crippen LogP contribution in [0, 0.1) is 6.92 Å². The van der Waals surface area contributed by atoms with Crippen molar-refractivity contribution >= 4 is 46.6 Å². The average molecular weight is 524 g/mol. The summed E-state index contributed by atoms with van der Waals surface area (Å²) in [6, 6.07) is 9.55. The maximum atomic E-state index is 12.9. The lowest BCUT2D eigenvalue weighted by Crippen LogP contribution is -2.18. The number of anilines is 2. The summed E-state index contributed by atoms with van der Waals surface area (Å²) >= 11 is 7.20.